The number of hydrogen-bond acceptors (Lipinski definition) is 9. The molecule has 20 rings (SSSR count). The number of aromatic nitrogens is 8. The van der Waals surface area contributed by atoms with Gasteiger partial charge in [0.1, 0.15) is 11.8 Å². The Morgan fingerprint density at radius 1 is 0.361 bits per heavy atom. The summed E-state index contributed by atoms with van der Waals surface area (Å²) in [5.74, 6) is 2.80. The van der Waals surface area contributed by atoms with Crippen molar-refractivity contribution in [1.82, 2.24) is 38.6 Å². The zero-order chi connectivity index (χ0) is 71.7. The van der Waals surface area contributed by atoms with Crippen molar-refractivity contribution in [3.8, 4) is 97.2 Å². The number of nitriles is 2. The van der Waals surface area contributed by atoms with E-state index < -0.39 is 0 Å². The number of para-hydroxylation sites is 9. The van der Waals surface area contributed by atoms with Gasteiger partial charge < -0.3 is 33.3 Å². The van der Waals surface area contributed by atoms with Gasteiger partial charge in [0.2, 0.25) is 5.69 Å². The summed E-state index contributed by atoms with van der Waals surface area (Å²) in [6.45, 7) is 7.41. The first kappa shape index (κ1) is 66.9. The zero-order valence-corrected chi connectivity index (χ0v) is 60.2. The van der Waals surface area contributed by atoms with E-state index in [1.54, 1.807) is 12.1 Å². The molecule has 0 radical (unpaired) electrons. The van der Waals surface area contributed by atoms with E-state index in [-0.39, 0.29) is 29.6 Å². The second kappa shape index (κ2) is 29.1. The minimum absolute atomic E-state index is 0. The number of anilines is 3. The van der Waals surface area contributed by atoms with Crippen LogP contribution in [0.4, 0.5) is 22.7 Å². The molecule has 0 fully saturated rings. The molecular formula is C94H57N12NaO. The minimum atomic E-state index is 0. The molecule has 0 amide bonds. The number of benzene rings is 13. The Labute approximate surface area is 643 Å². The number of ether oxygens (including phenoxy) is 1. The first-order valence-corrected chi connectivity index (χ1v) is 34.8. The summed E-state index contributed by atoms with van der Waals surface area (Å²) in [4.78, 5) is 28.6. The van der Waals surface area contributed by atoms with Gasteiger partial charge in [0.15, 0.2) is 17.3 Å². The van der Waals surface area contributed by atoms with Crippen LogP contribution in [0.15, 0.2) is 346 Å². The molecule has 14 heteroatoms. The van der Waals surface area contributed by atoms with Gasteiger partial charge in [-0.2, -0.15) is 10.5 Å². The largest absolute Gasteiger partial charge is 1.00 e. The summed E-state index contributed by atoms with van der Waals surface area (Å²) in [7, 11) is 0. The molecule has 0 aliphatic carbocycles. The molecule has 0 unspecified atom stereocenters. The standard InChI is InChI=1S/C40H25N4.C29H18N4O.C25H14N4.Na/c1-3-11-27(12-4-1)35-23-24-41-40(42-35)28-19-21-30(22-20-28)44-37-18-10-8-16-32(37)34-25-38-33(26-39(34)44)31-15-7-9-17-36(31)43(38)29-13-5-2-6-14-29;30-19-22-18-24(20-8-2-1-3-9-20)32-29(31-22)21-14-16-23(17-15-21)33-25-10-4-6-12-27(25)34-28-13-7-5-11-26(28)33;1-27-22-14-17(15-26)16-28-25(22)18-10-12-19(13-11-18)29-23-8-4-2-6-20(23)21-7-3-5-9-24(21)29;/h1-23,25-26H;1-18H;2-14,16H;/q-1;;;+1. The average Bonchev–Trinajstić information content (AvgIpc) is 1.55. The van der Waals surface area contributed by atoms with Crippen LogP contribution >= 0.6 is 0 Å². The molecule has 0 bridgehead atoms. The van der Waals surface area contributed by atoms with E-state index in [1.807, 2.05) is 158 Å². The van der Waals surface area contributed by atoms with Gasteiger partial charge in [-0.25, -0.2) is 14.8 Å². The van der Waals surface area contributed by atoms with E-state index in [0.29, 0.717) is 34.3 Å². The van der Waals surface area contributed by atoms with E-state index >= 15 is 0 Å². The molecule has 0 saturated heterocycles. The van der Waals surface area contributed by atoms with Crippen LogP contribution in [0.3, 0.4) is 0 Å². The average molecular weight is 1390 g/mol. The first-order valence-electron chi connectivity index (χ1n) is 34.8. The molecule has 0 spiro atoms. The Bertz CT molecular complexity index is 6660. The normalized spacial score (nSPS) is 11.3. The molecule has 0 atom stereocenters. The molecule has 1 aliphatic heterocycles. The van der Waals surface area contributed by atoms with E-state index in [0.717, 1.165) is 95.9 Å². The maximum Gasteiger partial charge on any atom is 1.00 e. The van der Waals surface area contributed by atoms with Crippen molar-refractivity contribution in [2.75, 3.05) is 4.90 Å². The third-order valence-corrected chi connectivity index (χ3v) is 19.4. The smallest absolute Gasteiger partial charge is 0.453 e. The maximum atomic E-state index is 9.52. The summed E-state index contributed by atoms with van der Waals surface area (Å²) in [5, 5.41) is 25.9. The Hall–Kier alpha value is -14.4. The number of rotatable bonds is 9. The predicted molar refractivity (Wildman–Crippen MR) is 428 cm³/mol. The molecule has 7 heterocycles. The fourth-order valence-electron chi connectivity index (χ4n) is 14.5. The molecular weight excluding hydrogens is 1340 g/mol. The van der Waals surface area contributed by atoms with Gasteiger partial charge in [-0.3, -0.25) is 4.98 Å². The van der Waals surface area contributed by atoms with E-state index in [4.69, 9.17) is 26.5 Å². The van der Waals surface area contributed by atoms with Crippen LogP contribution in [-0.4, -0.2) is 38.6 Å². The van der Waals surface area contributed by atoms with E-state index in [9.17, 15) is 5.26 Å². The van der Waals surface area contributed by atoms with Gasteiger partial charge in [0, 0.05) is 84.3 Å². The van der Waals surface area contributed by atoms with Gasteiger partial charge in [-0.05, 0) is 144 Å². The van der Waals surface area contributed by atoms with Gasteiger partial charge in [0.05, 0.1) is 74.1 Å². The molecule has 6 aromatic heterocycles. The molecule has 13 nitrogen and oxygen atoms in total. The Morgan fingerprint density at radius 3 is 1.29 bits per heavy atom. The molecule has 500 valence electrons. The maximum absolute atomic E-state index is 9.52. The van der Waals surface area contributed by atoms with E-state index in [1.165, 1.54) is 60.6 Å². The van der Waals surface area contributed by atoms with Crippen molar-refractivity contribution < 1.29 is 34.3 Å². The zero-order valence-electron chi connectivity index (χ0n) is 58.2. The molecule has 1 aliphatic rings. The Morgan fingerprint density at radius 2 is 0.778 bits per heavy atom. The third-order valence-electron chi connectivity index (χ3n) is 19.4. The van der Waals surface area contributed by atoms with Crippen molar-refractivity contribution in [3.05, 3.63) is 375 Å². The van der Waals surface area contributed by atoms with Gasteiger partial charge >= 0.3 is 29.6 Å². The van der Waals surface area contributed by atoms with Gasteiger partial charge in [-0.15, -0.1) is 6.07 Å². The second-order valence-electron chi connectivity index (χ2n) is 25.6. The Balaban J connectivity index is 0.000000121. The molecule has 0 N–H and O–H groups in total. The van der Waals surface area contributed by atoms with Crippen molar-refractivity contribution in [2.45, 2.75) is 0 Å². The molecule has 108 heavy (non-hydrogen) atoms. The SMILES string of the molecule is N#Cc1cc(-c2ccccc2)nc(-c2ccc(N3c4ccccc4Oc4ccccc43)cc2)n1.[C-]#[N+]c1cc(C#N)cnc1-c1ccc(-n2c3ccccc3c3ccccc32)cc1.[Na+].[c-]1cc(-c2ccccc2)nc(-c2ccc(-n3c4ccccc4c4cc5c(cc43)c3ccccc3n5-c3ccccc3)cc2)n1. The van der Waals surface area contributed by atoms with Crippen LogP contribution in [-0.2, 0) is 0 Å². The molecule has 0 saturated carbocycles. The topological polar surface area (TPSA) is 144 Å². The fourth-order valence-corrected chi connectivity index (χ4v) is 14.5. The van der Waals surface area contributed by atoms with Crippen molar-refractivity contribution >= 4 is 88.2 Å². The van der Waals surface area contributed by atoms with Crippen LogP contribution in [0.1, 0.15) is 11.3 Å². The number of hydrogen-bond donors (Lipinski definition) is 0. The summed E-state index contributed by atoms with van der Waals surface area (Å²) >= 11 is 0. The van der Waals surface area contributed by atoms with Crippen LogP contribution in [0.2, 0.25) is 0 Å². The first-order chi connectivity index (χ1) is 52.9. The summed E-state index contributed by atoms with van der Waals surface area (Å²) < 4.78 is 13.1. The van der Waals surface area contributed by atoms with Crippen LogP contribution < -0.4 is 39.2 Å². The number of fused-ring (bicyclic) bond motifs is 11. The summed E-state index contributed by atoms with van der Waals surface area (Å²) in [6.07, 6.45) is 4.55. The van der Waals surface area contributed by atoms with Crippen molar-refractivity contribution in [2.24, 2.45) is 0 Å². The van der Waals surface area contributed by atoms with Crippen molar-refractivity contribution in [1.29, 1.82) is 10.5 Å². The number of pyridine rings is 1. The molecule has 13 aromatic carbocycles. The van der Waals surface area contributed by atoms with Gasteiger partial charge in [0.25, 0.3) is 0 Å². The minimum Gasteiger partial charge on any atom is -0.453 e. The van der Waals surface area contributed by atoms with Gasteiger partial charge in [-0.1, -0.05) is 212 Å². The predicted octanol–water partition coefficient (Wildman–Crippen LogP) is 20.3. The van der Waals surface area contributed by atoms with E-state index in [2.05, 4.69) is 227 Å². The quantitative estimate of drug-likeness (QED) is 0.102. The Kier molecular flexibility index (Phi) is 18.0. The second-order valence-corrected chi connectivity index (χ2v) is 25.6. The van der Waals surface area contributed by atoms with Crippen LogP contribution in [0.5, 0.6) is 11.5 Å². The van der Waals surface area contributed by atoms with Crippen LogP contribution in [0, 0.1) is 35.4 Å². The number of nitrogens with zero attached hydrogens (tertiary/aromatic N) is 12. The molecule has 19 aromatic rings. The summed E-state index contributed by atoms with van der Waals surface area (Å²) in [5.41, 5.74) is 21.2. The fraction of sp³-hybridized carbons (Fsp3) is 0. The van der Waals surface area contributed by atoms with Crippen molar-refractivity contribution in [3.63, 3.8) is 0 Å². The monoisotopic (exact) mass is 1390 g/mol. The summed E-state index contributed by atoms with van der Waals surface area (Å²) in [6, 6.07) is 119. The third kappa shape index (κ3) is 12.4. The van der Waals surface area contributed by atoms with Crippen LogP contribution in [0.25, 0.3) is 144 Å².